The molecule has 118 valence electrons. The zero-order chi connectivity index (χ0) is 15.5. The molecule has 1 aromatic carbocycles. The first kappa shape index (κ1) is 16.4. The molecule has 6 heteroatoms. The van der Waals surface area contributed by atoms with Crippen LogP contribution in [-0.4, -0.2) is 21.0 Å². The van der Waals surface area contributed by atoms with E-state index in [9.17, 15) is 12.8 Å². The van der Waals surface area contributed by atoms with Gasteiger partial charge in [0.1, 0.15) is 5.82 Å². The molecule has 1 fully saturated rings. The van der Waals surface area contributed by atoms with E-state index in [0.717, 1.165) is 25.7 Å². The van der Waals surface area contributed by atoms with Crippen LogP contribution in [0.2, 0.25) is 0 Å². The average Bonchev–Trinajstić information content (AvgIpc) is 2.48. The van der Waals surface area contributed by atoms with Crippen LogP contribution < -0.4 is 10.5 Å². The van der Waals surface area contributed by atoms with Crippen molar-refractivity contribution in [3.63, 3.8) is 0 Å². The van der Waals surface area contributed by atoms with E-state index in [1.807, 2.05) is 0 Å². The van der Waals surface area contributed by atoms with Crippen LogP contribution in [0.25, 0.3) is 0 Å². The molecule has 2 rings (SSSR count). The van der Waals surface area contributed by atoms with Gasteiger partial charge in [-0.2, -0.15) is 0 Å². The molecule has 21 heavy (non-hydrogen) atoms. The van der Waals surface area contributed by atoms with E-state index < -0.39 is 15.8 Å². The van der Waals surface area contributed by atoms with E-state index in [0.29, 0.717) is 11.5 Å². The third-order valence-electron chi connectivity index (χ3n) is 4.22. The Morgan fingerprint density at radius 3 is 2.57 bits per heavy atom. The monoisotopic (exact) mass is 314 g/mol. The minimum Gasteiger partial charge on any atom is -0.329 e. The second kappa shape index (κ2) is 6.85. The van der Waals surface area contributed by atoms with Crippen molar-refractivity contribution in [3.8, 4) is 0 Å². The second-order valence-corrected chi connectivity index (χ2v) is 7.49. The number of halogens is 1. The summed E-state index contributed by atoms with van der Waals surface area (Å²) >= 11 is 0. The Kier molecular flexibility index (Phi) is 5.35. The Bertz CT molecular complexity index is 583. The van der Waals surface area contributed by atoms with Crippen molar-refractivity contribution < 1.29 is 12.8 Å². The van der Waals surface area contributed by atoms with Gasteiger partial charge in [0.05, 0.1) is 4.90 Å². The van der Waals surface area contributed by atoms with Gasteiger partial charge in [-0.1, -0.05) is 19.3 Å². The van der Waals surface area contributed by atoms with Gasteiger partial charge in [0.2, 0.25) is 10.0 Å². The highest BCUT2D eigenvalue weighted by molar-refractivity contribution is 7.89. The van der Waals surface area contributed by atoms with E-state index in [2.05, 4.69) is 4.72 Å². The van der Waals surface area contributed by atoms with Crippen LogP contribution in [0.5, 0.6) is 0 Å². The van der Waals surface area contributed by atoms with Crippen molar-refractivity contribution >= 4 is 10.0 Å². The third kappa shape index (κ3) is 4.02. The predicted molar refractivity (Wildman–Crippen MR) is 80.9 cm³/mol. The number of rotatable bonds is 5. The highest BCUT2D eigenvalue weighted by atomic mass is 32.2. The number of nitrogens with two attached hydrogens (primary N) is 1. The fourth-order valence-corrected chi connectivity index (χ4v) is 4.33. The number of benzene rings is 1. The molecule has 1 unspecified atom stereocenters. The molecule has 1 atom stereocenters. The summed E-state index contributed by atoms with van der Waals surface area (Å²) in [4.78, 5) is 0.0932. The zero-order valence-electron chi connectivity index (χ0n) is 12.3. The van der Waals surface area contributed by atoms with Crippen LogP contribution >= 0.6 is 0 Å². The number of hydrogen-bond donors (Lipinski definition) is 2. The molecule has 0 aromatic heterocycles. The molecule has 0 heterocycles. The Morgan fingerprint density at radius 1 is 1.33 bits per heavy atom. The van der Waals surface area contributed by atoms with Crippen LogP contribution in [0.4, 0.5) is 4.39 Å². The quantitative estimate of drug-likeness (QED) is 0.876. The normalized spacial score (nSPS) is 18.6. The topological polar surface area (TPSA) is 72.2 Å². The molecule has 1 aliphatic carbocycles. The molecule has 0 radical (unpaired) electrons. The van der Waals surface area contributed by atoms with Crippen molar-refractivity contribution in [1.82, 2.24) is 4.72 Å². The van der Waals surface area contributed by atoms with Crippen LogP contribution in [0, 0.1) is 18.7 Å². The fourth-order valence-electron chi connectivity index (χ4n) is 2.92. The van der Waals surface area contributed by atoms with Gasteiger partial charge in [0.15, 0.2) is 0 Å². The maximum absolute atomic E-state index is 13.3. The van der Waals surface area contributed by atoms with Gasteiger partial charge in [0, 0.05) is 12.6 Å². The first-order chi connectivity index (χ1) is 9.94. The molecule has 0 spiro atoms. The van der Waals surface area contributed by atoms with Gasteiger partial charge < -0.3 is 5.73 Å². The fraction of sp³-hybridized carbons (Fsp3) is 0.600. The Balaban J connectivity index is 2.16. The second-order valence-electron chi connectivity index (χ2n) is 5.77. The van der Waals surface area contributed by atoms with Crippen LogP contribution in [-0.2, 0) is 10.0 Å². The van der Waals surface area contributed by atoms with E-state index in [4.69, 9.17) is 5.73 Å². The Labute approximate surface area is 126 Å². The highest BCUT2D eigenvalue weighted by Gasteiger charge is 2.27. The number of sulfonamides is 1. The zero-order valence-corrected chi connectivity index (χ0v) is 13.1. The predicted octanol–water partition coefficient (Wildman–Crippen LogP) is 2.32. The van der Waals surface area contributed by atoms with Gasteiger partial charge in [-0.3, -0.25) is 0 Å². The van der Waals surface area contributed by atoms with Crippen LogP contribution in [0.15, 0.2) is 23.1 Å². The summed E-state index contributed by atoms with van der Waals surface area (Å²) in [5.41, 5.74) is 6.08. The van der Waals surface area contributed by atoms with Crippen molar-refractivity contribution in [3.05, 3.63) is 29.6 Å². The SMILES string of the molecule is Cc1cc(S(=O)(=O)NC(CN)C2CCCCC2)ccc1F. The van der Waals surface area contributed by atoms with Crippen molar-refractivity contribution in [2.24, 2.45) is 11.7 Å². The molecule has 0 amide bonds. The summed E-state index contributed by atoms with van der Waals surface area (Å²) < 4.78 is 40.8. The lowest BCUT2D eigenvalue weighted by atomic mass is 9.84. The van der Waals surface area contributed by atoms with Gasteiger partial charge in [-0.25, -0.2) is 17.5 Å². The Morgan fingerprint density at radius 2 is 2.00 bits per heavy atom. The van der Waals surface area contributed by atoms with Gasteiger partial charge in [-0.05, 0) is 49.4 Å². The molecule has 4 nitrogen and oxygen atoms in total. The molecular formula is C15H23FN2O2S. The van der Waals surface area contributed by atoms with Crippen LogP contribution in [0.3, 0.4) is 0 Å². The van der Waals surface area contributed by atoms with E-state index in [1.165, 1.54) is 24.6 Å². The molecule has 0 saturated heterocycles. The van der Waals surface area contributed by atoms with E-state index in [-0.39, 0.29) is 17.5 Å². The number of hydrogen-bond acceptors (Lipinski definition) is 3. The van der Waals surface area contributed by atoms with Gasteiger partial charge >= 0.3 is 0 Å². The van der Waals surface area contributed by atoms with E-state index >= 15 is 0 Å². The number of nitrogens with one attached hydrogen (secondary N) is 1. The lowest BCUT2D eigenvalue weighted by molar-refractivity contribution is 0.294. The first-order valence-corrected chi connectivity index (χ1v) is 8.91. The molecule has 0 bridgehead atoms. The molecular weight excluding hydrogens is 291 g/mol. The molecule has 0 aliphatic heterocycles. The minimum absolute atomic E-state index is 0.0932. The molecule has 1 aliphatic rings. The summed E-state index contributed by atoms with van der Waals surface area (Å²) in [7, 11) is -3.66. The smallest absolute Gasteiger partial charge is 0.240 e. The van der Waals surface area contributed by atoms with Crippen molar-refractivity contribution in [2.45, 2.75) is 50.0 Å². The molecule has 1 aromatic rings. The van der Waals surface area contributed by atoms with Crippen molar-refractivity contribution in [2.75, 3.05) is 6.54 Å². The largest absolute Gasteiger partial charge is 0.329 e. The summed E-state index contributed by atoms with van der Waals surface area (Å²) in [6.07, 6.45) is 5.47. The van der Waals surface area contributed by atoms with Gasteiger partial charge in [0.25, 0.3) is 0 Å². The third-order valence-corrected chi connectivity index (χ3v) is 5.71. The van der Waals surface area contributed by atoms with Gasteiger partial charge in [-0.15, -0.1) is 0 Å². The van der Waals surface area contributed by atoms with Crippen LogP contribution in [0.1, 0.15) is 37.7 Å². The summed E-state index contributed by atoms with van der Waals surface area (Å²) in [5.74, 6) is -0.114. The lowest BCUT2D eigenvalue weighted by Crippen LogP contribution is -2.45. The minimum atomic E-state index is -3.66. The maximum atomic E-state index is 13.3. The molecule has 1 saturated carbocycles. The standard InChI is InChI=1S/C15H23FN2O2S/c1-11-9-13(7-8-14(11)16)21(19,20)18-15(10-17)12-5-3-2-4-6-12/h7-9,12,15,18H,2-6,10,17H2,1H3. The lowest BCUT2D eigenvalue weighted by Gasteiger charge is -2.29. The molecule has 3 N–H and O–H groups in total. The summed E-state index contributed by atoms with van der Waals surface area (Å²) in [5, 5.41) is 0. The average molecular weight is 314 g/mol. The van der Waals surface area contributed by atoms with E-state index in [1.54, 1.807) is 6.92 Å². The highest BCUT2D eigenvalue weighted by Crippen LogP contribution is 2.27. The van der Waals surface area contributed by atoms with Crippen molar-refractivity contribution in [1.29, 1.82) is 0 Å². The Hall–Kier alpha value is -0.980. The summed E-state index contributed by atoms with van der Waals surface area (Å²) in [6, 6.07) is 3.58. The maximum Gasteiger partial charge on any atom is 0.240 e. The number of aryl methyl sites for hydroxylation is 1. The first-order valence-electron chi connectivity index (χ1n) is 7.42. The summed E-state index contributed by atoms with van der Waals surface area (Å²) in [6.45, 7) is 1.83.